The Morgan fingerprint density at radius 2 is 1.33 bits per heavy atom. The van der Waals surface area contributed by atoms with Crippen molar-refractivity contribution < 1.29 is 28.5 Å². The monoisotopic (exact) mass is 387 g/mol. The topological polar surface area (TPSA) is 83.1 Å². The summed E-state index contributed by atoms with van der Waals surface area (Å²) in [6.07, 6.45) is -0.584. The van der Waals surface area contributed by atoms with Crippen LogP contribution in [0.1, 0.15) is 55.4 Å². The van der Waals surface area contributed by atoms with Crippen LogP contribution in [0.15, 0.2) is 12.2 Å². The van der Waals surface area contributed by atoms with E-state index in [1.807, 2.05) is 48.5 Å². The third-order valence-corrected chi connectivity index (χ3v) is 3.21. The Morgan fingerprint density at radius 1 is 0.852 bits per heavy atom. The minimum atomic E-state index is -0.584. The summed E-state index contributed by atoms with van der Waals surface area (Å²) in [6, 6.07) is 0. The van der Waals surface area contributed by atoms with Gasteiger partial charge in [0.2, 0.25) is 0 Å². The maximum atomic E-state index is 11.9. The Balaban J connectivity index is 4.49. The largest absolute Gasteiger partial charge is 0.460 e. The average molecular weight is 388 g/mol. The standard InChI is InChI=1S/C20H37NO6/c1-15(2)16(22)24-11-10-21-17(23)25-12-20(9,13-26-18(3,4)5)14-27-19(6,7)8/h1,10-14H2,2-9H3,(H,21,23). The number of rotatable bonds is 10. The second-order valence-corrected chi connectivity index (χ2v) is 9.03. The molecule has 0 aliphatic carbocycles. The number of nitrogens with one attached hydrogen (secondary N) is 1. The smallest absolute Gasteiger partial charge is 0.407 e. The summed E-state index contributed by atoms with van der Waals surface area (Å²) in [5.74, 6) is -0.489. The molecule has 1 amide bonds. The molecule has 0 heterocycles. The van der Waals surface area contributed by atoms with E-state index < -0.39 is 17.5 Å². The quantitative estimate of drug-likeness (QED) is 0.351. The van der Waals surface area contributed by atoms with Crippen molar-refractivity contribution in [2.75, 3.05) is 33.0 Å². The number of ether oxygens (including phenoxy) is 4. The first kappa shape index (κ1) is 25.4. The summed E-state index contributed by atoms with van der Waals surface area (Å²) >= 11 is 0. The van der Waals surface area contributed by atoms with Crippen LogP contribution in [-0.2, 0) is 23.7 Å². The van der Waals surface area contributed by atoms with Crippen molar-refractivity contribution in [2.24, 2.45) is 5.41 Å². The molecule has 0 fully saturated rings. The lowest BCUT2D eigenvalue weighted by molar-refractivity contribution is -0.138. The zero-order chi connectivity index (χ0) is 21.3. The van der Waals surface area contributed by atoms with E-state index in [1.165, 1.54) is 0 Å². The van der Waals surface area contributed by atoms with E-state index in [2.05, 4.69) is 11.9 Å². The van der Waals surface area contributed by atoms with Gasteiger partial charge in [-0.2, -0.15) is 0 Å². The first-order valence-electron chi connectivity index (χ1n) is 9.15. The lowest BCUT2D eigenvalue weighted by Crippen LogP contribution is -2.41. The van der Waals surface area contributed by atoms with Gasteiger partial charge in [0.25, 0.3) is 0 Å². The number of esters is 1. The minimum Gasteiger partial charge on any atom is -0.460 e. The molecule has 0 bridgehead atoms. The summed E-state index contributed by atoms with van der Waals surface area (Å²) in [6.45, 7) is 19.9. The first-order chi connectivity index (χ1) is 12.1. The third kappa shape index (κ3) is 14.2. The predicted molar refractivity (Wildman–Crippen MR) is 105 cm³/mol. The predicted octanol–water partition coefficient (Wildman–Crippen LogP) is 3.47. The molecule has 27 heavy (non-hydrogen) atoms. The van der Waals surface area contributed by atoms with Crippen LogP contribution in [0.4, 0.5) is 4.79 Å². The van der Waals surface area contributed by atoms with Crippen LogP contribution in [0.3, 0.4) is 0 Å². The SMILES string of the molecule is C=C(C)C(=O)OCCNC(=O)OCC(C)(COC(C)(C)C)COC(C)(C)C. The first-order valence-corrected chi connectivity index (χ1v) is 9.15. The van der Waals surface area contributed by atoms with Gasteiger partial charge in [0.1, 0.15) is 13.2 Å². The third-order valence-electron chi connectivity index (χ3n) is 3.21. The van der Waals surface area contributed by atoms with Crippen LogP contribution in [0.25, 0.3) is 0 Å². The second kappa shape index (κ2) is 10.7. The van der Waals surface area contributed by atoms with Crippen LogP contribution >= 0.6 is 0 Å². The fourth-order valence-corrected chi connectivity index (χ4v) is 1.62. The van der Waals surface area contributed by atoms with E-state index in [9.17, 15) is 9.59 Å². The summed E-state index contributed by atoms with van der Waals surface area (Å²) < 4.78 is 22.0. The fourth-order valence-electron chi connectivity index (χ4n) is 1.62. The molecule has 1 N–H and O–H groups in total. The molecule has 7 nitrogen and oxygen atoms in total. The Kier molecular flexibility index (Phi) is 10.0. The number of amides is 1. The molecule has 158 valence electrons. The number of hydrogen-bond acceptors (Lipinski definition) is 6. The highest BCUT2D eigenvalue weighted by Gasteiger charge is 2.31. The molecule has 0 saturated carbocycles. The Hall–Kier alpha value is -1.60. The number of carbonyl (C=O) groups is 2. The van der Waals surface area contributed by atoms with E-state index >= 15 is 0 Å². The molecule has 0 atom stereocenters. The zero-order valence-electron chi connectivity index (χ0n) is 18.2. The molecule has 0 radical (unpaired) electrons. The second-order valence-electron chi connectivity index (χ2n) is 9.03. The van der Waals surface area contributed by atoms with Gasteiger partial charge in [0.15, 0.2) is 0 Å². The molecule has 0 aliphatic heterocycles. The van der Waals surface area contributed by atoms with E-state index in [4.69, 9.17) is 18.9 Å². The van der Waals surface area contributed by atoms with Crippen molar-refractivity contribution in [3.63, 3.8) is 0 Å². The van der Waals surface area contributed by atoms with Gasteiger partial charge in [-0.25, -0.2) is 9.59 Å². The van der Waals surface area contributed by atoms with Crippen LogP contribution in [0.5, 0.6) is 0 Å². The van der Waals surface area contributed by atoms with E-state index in [1.54, 1.807) is 6.92 Å². The van der Waals surface area contributed by atoms with Crippen molar-refractivity contribution >= 4 is 12.1 Å². The van der Waals surface area contributed by atoms with Crippen LogP contribution in [0, 0.1) is 5.41 Å². The lowest BCUT2D eigenvalue weighted by atomic mass is 9.93. The Labute approximate surface area is 163 Å². The molecule has 0 aromatic carbocycles. The van der Waals surface area contributed by atoms with Crippen molar-refractivity contribution in [2.45, 2.75) is 66.6 Å². The highest BCUT2D eigenvalue weighted by Crippen LogP contribution is 2.24. The molecule has 0 spiro atoms. The van der Waals surface area contributed by atoms with Gasteiger partial charge in [0.05, 0.1) is 31.0 Å². The zero-order valence-corrected chi connectivity index (χ0v) is 18.2. The minimum absolute atomic E-state index is 0.0539. The van der Waals surface area contributed by atoms with Crippen molar-refractivity contribution in [3.8, 4) is 0 Å². The van der Waals surface area contributed by atoms with Crippen molar-refractivity contribution in [3.05, 3.63) is 12.2 Å². The molecular formula is C20H37NO6. The highest BCUT2D eigenvalue weighted by molar-refractivity contribution is 5.86. The molecule has 0 aromatic heterocycles. The summed E-state index contributed by atoms with van der Waals surface area (Å²) in [5, 5.41) is 2.54. The molecule has 0 rings (SSSR count). The van der Waals surface area contributed by atoms with Gasteiger partial charge in [-0.1, -0.05) is 13.5 Å². The van der Waals surface area contributed by atoms with Crippen molar-refractivity contribution in [1.29, 1.82) is 0 Å². The van der Waals surface area contributed by atoms with Crippen molar-refractivity contribution in [1.82, 2.24) is 5.32 Å². The van der Waals surface area contributed by atoms with Gasteiger partial charge in [-0.15, -0.1) is 0 Å². The van der Waals surface area contributed by atoms with Crippen LogP contribution in [0.2, 0.25) is 0 Å². The summed E-state index contributed by atoms with van der Waals surface area (Å²) in [5.41, 5.74) is -0.799. The van der Waals surface area contributed by atoms with E-state index in [0.717, 1.165) is 0 Å². The molecule has 7 heteroatoms. The maximum absolute atomic E-state index is 11.9. The lowest BCUT2D eigenvalue weighted by Gasteiger charge is -2.34. The van der Waals surface area contributed by atoms with Gasteiger partial charge in [-0.05, 0) is 48.5 Å². The normalized spacial score (nSPS) is 12.4. The highest BCUT2D eigenvalue weighted by atomic mass is 16.6. The fraction of sp³-hybridized carbons (Fsp3) is 0.800. The van der Waals surface area contributed by atoms with Gasteiger partial charge >= 0.3 is 12.1 Å². The molecule has 0 aliphatic rings. The average Bonchev–Trinajstić information content (AvgIpc) is 2.52. The van der Waals surface area contributed by atoms with E-state index in [0.29, 0.717) is 18.8 Å². The van der Waals surface area contributed by atoms with Gasteiger partial charge < -0.3 is 24.3 Å². The molecule has 0 aromatic rings. The molecule has 0 saturated heterocycles. The summed E-state index contributed by atoms with van der Waals surface area (Å²) in [7, 11) is 0. The van der Waals surface area contributed by atoms with Gasteiger partial charge in [0, 0.05) is 11.0 Å². The van der Waals surface area contributed by atoms with Crippen LogP contribution < -0.4 is 5.32 Å². The number of hydrogen-bond donors (Lipinski definition) is 1. The Bertz CT molecular complexity index is 484. The maximum Gasteiger partial charge on any atom is 0.407 e. The summed E-state index contributed by atoms with van der Waals surface area (Å²) in [4.78, 5) is 23.2. The van der Waals surface area contributed by atoms with E-state index in [-0.39, 0.29) is 31.0 Å². The molecule has 0 unspecified atom stereocenters. The molecular weight excluding hydrogens is 350 g/mol. The van der Waals surface area contributed by atoms with Crippen LogP contribution in [-0.4, -0.2) is 56.2 Å². The van der Waals surface area contributed by atoms with Gasteiger partial charge in [-0.3, -0.25) is 0 Å². The number of carbonyl (C=O) groups excluding carboxylic acids is 2. The number of alkyl carbamates (subject to hydrolysis) is 1. The Morgan fingerprint density at radius 3 is 1.74 bits per heavy atom.